The molecule has 34 heavy (non-hydrogen) atoms. The zero-order valence-corrected chi connectivity index (χ0v) is 19.1. The molecule has 1 aromatic carbocycles. The number of hydrogen-bond acceptors (Lipinski definition) is 8. The summed E-state index contributed by atoms with van der Waals surface area (Å²) < 4.78 is 26.8. The predicted molar refractivity (Wildman–Crippen MR) is 120 cm³/mol. The highest BCUT2D eigenvalue weighted by atomic mass is 16.7. The maximum Gasteiger partial charge on any atom is 0.414 e. The number of amides is 2. The van der Waals surface area contributed by atoms with Gasteiger partial charge >= 0.3 is 6.09 Å². The predicted octanol–water partition coefficient (Wildman–Crippen LogP) is 2.85. The highest BCUT2D eigenvalue weighted by Crippen LogP contribution is 2.29. The maximum absolute atomic E-state index is 12.7. The number of hydrogen-bond donors (Lipinski definition) is 0. The molecule has 2 amide bonds. The van der Waals surface area contributed by atoms with Gasteiger partial charge in [-0.2, -0.15) is 0 Å². The van der Waals surface area contributed by atoms with Gasteiger partial charge in [-0.05, 0) is 48.7 Å². The second-order valence-electron chi connectivity index (χ2n) is 8.89. The number of aromatic nitrogens is 1. The average molecular weight is 469 g/mol. The molecule has 0 unspecified atom stereocenters. The quantitative estimate of drug-likeness (QED) is 0.636. The van der Waals surface area contributed by atoms with Gasteiger partial charge in [0.2, 0.25) is 0 Å². The Labute approximate surface area is 197 Å². The van der Waals surface area contributed by atoms with Crippen molar-refractivity contribution in [3.63, 3.8) is 0 Å². The van der Waals surface area contributed by atoms with Gasteiger partial charge in [0.15, 0.2) is 18.0 Å². The molecule has 3 aliphatic rings. The van der Waals surface area contributed by atoms with E-state index in [-0.39, 0.29) is 19.1 Å². The van der Waals surface area contributed by atoms with E-state index < -0.39 is 24.1 Å². The molecule has 5 rings (SSSR count). The largest absolute Gasteiger partial charge is 0.471 e. The Hall–Kier alpha value is -3.37. The normalized spacial score (nSPS) is 24.2. The van der Waals surface area contributed by atoms with Crippen LogP contribution in [-0.4, -0.2) is 72.9 Å². The summed E-state index contributed by atoms with van der Waals surface area (Å²) in [6.45, 7) is 5.65. The first kappa shape index (κ1) is 22.4. The van der Waals surface area contributed by atoms with E-state index in [9.17, 15) is 9.59 Å². The SMILES string of the molecule is CC1(C)OC[C@@H](C(=O)N2CC=C(c3ccc(N4C[C@H](COc5ccon5)OC4=O)cc3)CC2)O1. The molecule has 0 radical (unpaired) electrons. The van der Waals surface area contributed by atoms with Crippen molar-refractivity contribution in [2.75, 3.05) is 37.7 Å². The van der Waals surface area contributed by atoms with Crippen LogP contribution in [0, 0.1) is 0 Å². The molecule has 4 heterocycles. The van der Waals surface area contributed by atoms with Crippen molar-refractivity contribution in [1.82, 2.24) is 10.1 Å². The van der Waals surface area contributed by atoms with Crippen molar-refractivity contribution in [2.45, 2.75) is 38.3 Å². The molecule has 0 N–H and O–H groups in total. The van der Waals surface area contributed by atoms with E-state index in [2.05, 4.69) is 11.2 Å². The first-order valence-corrected chi connectivity index (χ1v) is 11.3. The van der Waals surface area contributed by atoms with E-state index >= 15 is 0 Å². The van der Waals surface area contributed by atoms with E-state index in [0.717, 1.165) is 17.7 Å². The van der Waals surface area contributed by atoms with Crippen LogP contribution >= 0.6 is 0 Å². The molecule has 0 bridgehead atoms. The lowest BCUT2D eigenvalue weighted by atomic mass is 9.99. The van der Waals surface area contributed by atoms with Crippen molar-refractivity contribution in [3.05, 3.63) is 48.2 Å². The zero-order chi connectivity index (χ0) is 23.7. The van der Waals surface area contributed by atoms with Gasteiger partial charge in [0.05, 0.1) is 13.2 Å². The smallest absolute Gasteiger partial charge is 0.414 e. The molecule has 3 aliphatic heterocycles. The van der Waals surface area contributed by atoms with Gasteiger partial charge < -0.3 is 28.4 Å². The number of anilines is 1. The minimum absolute atomic E-state index is 0.0362. The molecule has 2 saturated heterocycles. The minimum Gasteiger partial charge on any atom is -0.471 e. The number of carbonyl (C=O) groups excluding carboxylic acids is 2. The fraction of sp³-hybridized carbons (Fsp3) is 0.458. The van der Waals surface area contributed by atoms with Crippen molar-refractivity contribution in [1.29, 1.82) is 0 Å². The van der Waals surface area contributed by atoms with Crippen LogP contribution in [0.5, 0.6) is 5.88 Å². The maximum atomic E-state index is 12.7. The zero-order valence-electron chi connectivity index (χ0n) is 19.1. The Bertz CT molecular complexity index is 1060. The van der Waals surface area contributed by atoms with E-state index in [1.807, 2.05) is 38.1 Å². The Balaban J connectivity index is 1.16. The van der Waals surface area contributed by atoms with Gasteiger partial charge in [-0.1, -0.05) is 18.2 Å². The fourth-order valence-electron chi connectivity index (χ4n) is 4.27. The molecule has 0 aliphatic carbocycles. The topological polar surface area (TPSA) is 104 Å². The lowest BCUT2D eigenvalue weighted by Gasteiger charge is -2.29. The van der Waals surface area contributed by atoms with Crippen LogP contribution in [0.1, 0.15) is 25.8 Å². The summed E-state index contributed by atoms with van der Waals surface area (Å²) in [6.07, 6.45) is 2.88. The molecular formula is C24H27N3O7. The van der Waals surface area contributed by atoms with Crippen LogP contribution in [0.25, 0.3) is 5.57 Å². The lowest BCUT2D eigenvalue weighted by Crippen LogP contribution is -2.43. The van der Waals surface area contributed by atoms with Crippen molar-refractivity contribution in [2.24, 2.45) is 0 Å². The Morgan fingerprint density at radius 2 is 2.06 bits per heavy atom. The number of carbonyl (C=O) groups is 2. The summed E-state index contributed by atoms with van der Waals surface area (Å²) in [4.78, 5) is 28.4. The standard InChI is InChI=1S/C24H27N3O7/c1-24(2)31-15-20(34-24)22(28)26-10-7-17(8-11-26)16-3-5-18(6-4-16)27-13-19(33-23(27)29)14-30-21-9-12-32-25-21/h3-7,9,12,19-20H,8,10-11,13-15H2,1-2H3/t19-,20+/m1/s1. The van der Waals surface area contributed by atoms with Crippen LogP contribution in [0.3, 0.4) is 0 Å². The molecule has 0 saturated carbocycles. The minimum atomic E-state index is -0.718. The van der Waals surface area contributed by atoms with E-state index in [4.69, 9.17) is 23.5 Å². The molecule has 180 valence electrons. The summed E-state index contributed by atoms with van der Waals surface area (Å²) in [7, 11) is 0. The summed E-state index contributed by atoms with van der Waals surface area (Å²) in [5.74, 6) is -0.399. The van der Waals surface area contributed by atoms with Crippen LogP contribution < -0.4 is 9.64 Å². The first-order valence-electron chi connectivity index (χ1n) is 11.3. The van der Waals surface area contributed by atoms with E-state index in [0.29, 0.717) is 25.5 Å². The average Bonchev–Trinajstić information content (AvgIpc) is 3.57. The van der Waals surface area contributed by atoms with Gasteiger partial charge in [0, 0.05) is 24.8 Å². The van der Waals surface area contributed by atoms with Crippen LogP contribution in [0.2, 0.25) is 0 Å². The molecule has 2 aromatic rings. The third-order valence-corrected chi connectivity index (χ3v) is 6.06. The van der Waals surface area contributed by atoms with Gasteiger partial charge in [0.25, 0.3) is 11.8 Å². The third kappa shape index (κ3) is 4.78. The number of nitrogens with zero attached hydrogens (tertiary/aromatic N) is 3. The molecule has 10 heteroatoms. The first-order chi connectivity index (χ1) is 16.4. The second-order valence-corrected chi connectivity index (χ2v) is 8.89. The van der Waals surface area contributed by atoms with Gasteiger partial charge in [-0.15, -0.1) is 0 Å². The summed E-state index contributed by atoms with van der Waals surface area (Å²) in [5.41, 5.74) is 2.99. The van der Waals surface area contributed by atoms with Crippen molar-refractivity contribution >= 4 is 23.3 Å². The summed E-state index contributed by atoms with van der Waals surface area (Å²) in [6, 6.07) is 9.38. The molecular weight excluding hydrogens is 442 g/mol. The summed E-state index contributed by atoms with van der Waals surface area (Å²) >= 11 is 0. The Kier molecular flexibility index (Phi) is 6.01. The second kappa shape index (κ2) is 9.11. The molecule has 2 fully saturated rings. The van der Waals surface area contributed by atoms with Crippen LogP contribution in [0.15, 0.2) is 47.2 Å². The monoisotopic (exact) mass is 469 g/mol. The molecule has 0 spiro atoms. The fourth-order valence-corrected chi connectivity index (χ4v) is 4.27. The van der Waals surface area contributed by atoms with Gasteiger partial charge in [-0.3, -0.25) is 9.69 Å². The van der Waals surface area contributed by atoms with Gasteiger partial charge in [-0.25, -0.2) is 4.79 Å². The highest BCUT2D eigenvalue weighted by Gasteiger charge is 2.39. The molecule has 2 atom stereocenters. The highest BCUT2D eigenvalue weighted by molar-refractivity contribution is 5.90. The number of rotatable bonds is 6. The van der Waals surface area contributed by atoms with Crippen LogP contribution in [0.4, 0.5) is 10.5 Å². The number of ether oxygens (including phenoxy) is 4. The summed E-state index contributed by atoms with van der Waals surface area (Å²) in [5, 5.41) is 3.68. The Morgan fingerprint density at radius 3 is 2.71 bits per heavy atom. The van der Waals surface area contributed by atoms with Gasteiger partial charge in [0.1, 0.15) is 12.9 Å². The Morgan fingerprint density at radius 1 is 1.24 bits per heavy atom. The molecule has 1 aromatic heterocycles. The van der Waals surface area contributed by atoms with E-state index in [1.165, 1.54) is 11.8 Å². The van der Waals surface area contributed by atoms with Crippen molar-refractivity contribution in [3.8, 4) is 5.88 Å². The van der Waals surface area contributed by atoms with Crippen molar-refractivity contribution < 1.29 is 33.1 Å². The number of benzene rings is 1. The molecule has 10 nitrogen and oxygen atoms in total. The number of cyclic esters (lactones) is 1. The van der Waals surface area contributed by atoms with Crippen LogP contribution in [-0.2, 0) is 19.0 Å². The lowest BCUT2D eigenvalue weighted by molar-refractivity contribution is -0.159. The van der Waals surface area contributed by atoms with E-state index in [1.54, 1.807) is 15.9 Å². The third-order valence-electron chi connectivity index (χ3n) is 6.06.